The molecule has 0 bridgehead atoms. The van der Waals surface area contributed by atoms with Crippen LogP contribution in [0.1, 0.15) is 12.5 Å². The van der Waals surface area contributed by atoms with E-state index in [4.69, 9.17) is 21.1 Å². The minimum atomic E-state index is 0.490. The Hall–Kier alpha value is -2.20. The second-order valence-electron chi connectivity index (χ2n) is 4.20. The average Bonchev–Trinajstić information content (AvgIpc) is 2.48. The van der Waals surface area contributed by atoms with E-state index in [0.717, 1.165) is 11.3 Å². The van der Waals surface area contributed by atoms with Crippen molar-refractivity contribution in [1.29, 1.82) is 0 Å². The highest BCUT2D eigenvalue weighted by molar-refractivity contribution is 6.32. The largest absolute Gasteiger partial charge is 0.491 e. The molecule has 0 radical (unpaired) electrons. The van der Waals surface area contributed by atoms with Crippen LogP contribution < -0.4 is 14.9 Å². The van der Waals surface area contributed by atoms with Crippen molar-refractivity contribution < 1.29 is 9.47 Å². The second-order valence-corrected chi connectivity index (χ2v) is 4.61. The molecule has 2 aromatic carbocycles. The number of hydrazone groups is 1. The molecule has 0 atom stereocenters. The van der Waals surface area contributed by atoms with E-state index in [1.165, 1.54) is 0 Å². The minimum Gasteiger partial charge on any atom is -0.491 e. The quantitative estimate of drug-likeness (QED) is 0.642. The topological polar surface area (TPSA) is 42.8 Å². The molecule has 0 saturated carbocycles. The van der Waals surface area contributed by atoms with Gasteiger partial charge in [-0.25, -0.2) is 0 Å². The molecule has 110 valence electrons. The third kappa shape index (κ3) is 4.13. The lowest BCUT2D eigenvalue weighted by molar-refractivity contribution is 0.311. The molecule has 21 heavy (non-hydrogen) atoms. The first-order valence-electron chi connectivity index (χ1n) is 6.59. The van der Waals surface area contributed by atoms with E-state index in [1.807, 2.05) is 43.3 Å². The van der Waals surface area contributed by atoms with Gasteiger partial charge in [-0.3, -0.25) is 5.43 Å². The maximum absolute atomic E-state index is 6.18. The van der Waals surface area contributed by atoms with Gasteiger partial charge in [0, 0.05) is 0 Å². The second kappa shape index (κ2) is 7.55. The molecule has 0 amide bonds. The highest BCUT2D eigenvalue weighted by atomic mass is 35.5. The first-order valence-corrected chi connectivity index (χ1v) is 6.97. The number of hydrogen-bond acceptors (Lipinski definition) is 4. The van der Waals surface area contributed by atoms with Gasteiger partial charge in [0.2, 0.25) is 0 Å². The molecule has 0 unspecified atom stereocenters. The van der Waals surface area contributed by atoms with Gasteiger partial charge in [-0.2, -0.15) is 5.10 Å². The maximum Gasteiger partial charge on any atom is 0.179 e. The van der Waals surface area contributed by atoms with Crippen molar-refractivity contribution in [3.63, 3.8) is 0 Å². The smallest absolute Gasteiger partial charge is 0.179 e. The Morgan fingerprint density at radius 3 is 2.67 bits per heavy atom. The number of anilines is 1. The van der Waals surface area contributed by atoms with Crippen LogP contribution in [0.4, 0.5) is 5.69 Å². The molecule has 0 spiro atoms. The van der Waals surface area contributed by atoms with Crippen molar-refractivity contribution >= 4 is 23.5 Å². The summed E-state index contributed by atoms with van der Waals surface area (Å²) in [4.78, 5) is 0. The number of halogens is 1. The van der Waals surface area contributed by atoms with Crippen molar-refractivity contribution in [2.24, 2.45) is 5.10 Å². The first-order chi connectivity index (χ1) is 10.2. The Morgan fingerprint density at radius 1 is 1.24 bits per heavy atom. The number of methoxy groups -OCH3 is 1. The Labute approximate surface area is 129 Å². The lowest BCUT2D eigenvalue weighted by Crippen LogP contribution is -1.98. The predicted molar refractivity (Wildman–Crippen MR) is 86.8 cm³/mol. The zero-order chi connectivity index (χ0) is 15.1. The molecular formula is C16H17ClN2O2. The standard InChI is InChI=1S/C16H17ClN2O2/c1-3-21-15-10-12(9-14(17)16(15)20-2)11-18-19-13-7-5-4-6-8-13/h4-11,19H,3H2,1-2H3. The van der Waals surface area contributed by atoms with Crippen LogP contribution in [-0.4, -0.2) is 19.9 Å². The van der Waals surface area contributed by atoms with Gasteiger partial charge < -0.3 is 9.47 Å². The highest BCUT2D eigenvalue weighted by Gasteiger charge is 2.10. The van der Waals surface area contributed by atoms with Gasteiger partial charge >= 0.3 is 0 Å². The summed E-state index contributed by atoms with van der Waals surface area (Å²) in [6.07, 6.45) is 1.68. The molecule has 2 rings (SSSR count). The fourth-order valence-electron chi connectivity index (χ4n) is 1.82. The van der Waals surface area contributed by atoms with Gasteiger partial charge in [0.05, 0.1) is 30.6 Å². The maximum atomic E-state index is 6.18. The summed E-state index contributed by atoms with van der Waals surface area (Å²) in [5, 5.41) is 4.67. The Balaban J connectivity index is 2.16. The van der Waals surface area contributed by atoms with Crippen molar-refractivity contribution in [1.82, 2.24) is 0 Å². The summed E-state index contributed by atoms with van der Waals surface area (Å²) in [6, 6.07) is 13.3. The van der Waals surface area contributed by atoms with E-state index in [-0.39, 0.29) is 0 Å². The van der Waals surface area contributed by atoms with E-state index in [2.05, 4.69) is 10.5 Å². The van der Waals surface area contributed by atoms with Crippen LogP contribution in [0, 0.1) is 0 Å². The summed E-state index contributed by atoms with van der Waals surface area (Å²) < 4.78 is 10.8. The number of nitrogens with zero attached hydrogens (tertiary/aromatic N) is 1. The molecule has 0 saturated heterocycles. The van der Waals surface area contributed by atoms with Gasteiger partial charge in [-0.05, 0) is 36.8 Å². The van der Waals surface area contributed by atoms with Gasteiger partial charge in [0.1, 0.15) is 0 Å². The van der Waals surface area contributed by atoms with Gasteiger partial charge in [-0.1, -0.05) is 29.8 Å². The molecule has 5 heteroatoms. The van der Waals surface area contributed by atoms with Crippen LogP contribution in [0.25, 0.3) is 0 Å². The molecule has 4 nitrogen and oxygen atoms in total. The van der Waals surface area contributed by atoms with E-state index in [0.29, 0.717) is 23.1 Å². The number of para-hydroxylation sites is 1. The van der Waals surface area contributed by atoms with Crippen LogP contribution in [-0.2, 0) is 0 Å². The van der Waals surface area contributed by atoms with Crippen LogP contribution in [0.5, 0.6) is 11.5 Å². The average molecular weight is 305 g/mol. The molecule has 0 aliphatic carbocycles. The number of rotatable bonds is 6. The van der Waals surface area contributed by atoms with E-state index in [1.54, 1.807) is 19.4 Å². The lowest BCUT2D eigenvalue weighted by atomic mass is 10.2. The summed E-state index contributed by atoms with van der Waals surface area (Å²) in [5.41, 5.74) is 4.69. The number of ether oxygens (including phenoxy) is 2. The fourth-order valence-corrected chi connectivity index (χ4v) is 2.11. The molecule has 0 fully saturated rings. The first kappa shape index (κ1) is 15.2. The van der Waals surface area contributed by atoms with Crippen LogP contribution in [0.15, 0.2) is 47.6 Å². The third-order valence-corrected chi connectivity index (χ3v) is 3.00. The van der Waals surface area contributed by atoms with Crippen molar-refractivity contribution in [3.8, 4) is 11.5 Å². The highest BCUT2D eigenvalue weighted by Crippen LogP contribution is 2.35. The molecule has 0 aromatic heterocycles. The number of nitrogens with one attached hydrogen (secondary N) is 1. The Kier molecular flexibility index (Phi) is 5.46. The van der Waals surface area contributed by atoms with E-state index < -0.39 is 0 Å². The molecule has 0 aliphatic rings. The molecule has 1 N–H and O–H groups in total. The van der Waals surface area contributed by atoms with Gasteiger partial charge in [0.25, 0.3) is 0 Å². The van der Waals surface area contributed by atoms with Crippen LogP contribution >= 0.6 is 11.6 Å². The van der Waals surface area contributed by atoms with Crippen LogP contribution in [0.3, 0.4) is 0 Å². The summed E-state index contributed by atoms with van der Waals surface area (Å²) in [5.74, 6) is 1.14. The monoisotopic (exact) mass is 304 g/mol. The van der Waals surface area contributed by atoms with Crippen LogP contribution in [0.2, 0.25) is 5.02 Å². The molecular weight excluding hydrogens is 288 g/mol. The summed E-state index contributed by atoms with van der Waals surface area (Å²) in [6.45, 7) is 2.45. The molecule has 0 aliphatic heterocycles. The number of benzene rings is 2. The number of hydrogen-bond donors (Lipinski definition) is 1. The minimum absolute atomic E-state index is 0.490. The van der Waals surface area contributed by atoms with Crippen molar-refractivity contribution in [2.75, 3.05) is 19.1 Å². The zero-order valence-electron chi connectivity index (χ0n) is 12.0. The third-order valence-electron chi connectivity index (χ3n) is 2.72. The SMILES string of the molecule is CCOc1cc(C=NNc2ccccc2)cc(Cl)c1OC. The van der Waals surface area contributed by atoms with E-state index >= 15 is 0 Å². The fraction of sp³-hybridized carbons (Fsp3) is 0.188. The summed E-state index contributed by atoms with van der Waals surface area (Å²) >= 11 is 6.18. The van der Waals surface area contributed by atoms with E-state index in [9.17, 15) is 0 Å². The summed E-state index contributed by atoms with van der Waals surface area (Å²) in [7, 11) is 1.56. The lowest BCUT2D eigenvalue weighted by Gasteiger charge is -2.11. The van der Waals surface area contributed by atoms with Crippen molar-refractivity contribution in [3.05, 3.63) is 53.1 Å². The molecule has 0 heterocycles. The molecule has 2 aromatic rings. The zero-order valence-corrected chi connectivity index (χ0v) is 12.7. The van der Waals surface area contributed by atoms with Gasteiger partial charge in [0.15, 0.2) is 11.5 Å². The predicted octanol–water partition coefficient (Wildman–Crippen LogP) is 4.19. The van der Waals surface area contributed by atoms with Gasteiger partial charge in [-0.15, -0.1) is 0 Å². The Morgan fingerprint density at radius 2 is 2.00 bits per heavy atom. The normalized spacial score (nSPS) is 10.6. The van der Waals surface area contributed by atoms with Crippen molar-refractivity contribution in [2.45, 2.75) is 6.92 Å². The Bertz CT molecular complexity index is 615.